The average Bonchev–Trinajstić information content (AvgIpc) is 3.54. The van der Waals surface area contributed by atoms with Gasteiger partial charge in [0.05, 0.1) is 31.3 Å². The van der Waals surface area contributed by atoms with Gasteiger partial charge in [0.25, 0.3) is 5.91 Å². The summed E-state index contributed by atoms with van der Waals surface area (Å²) >= 11 is 0. The molecule has 9 nitrogen and oxygen atoms in total. The van der Waals surface area contributed by atoms with Crippen molar-refractivity contribution in [1.82, 2.24) is 20.2 Å². The summed E-state index contributed by atoms with van der Waals surface area (Å²) in [5.74, 6) is 1.04. The number of anilines is 3. The van der Waals surface area contributed by atoms with Crippen LogP contribution in [0.15, 0.2) is 24.3 Å². The summed E-state index contributed by atoms with van der Waals surface area (Å²) in [6.45, 7) is 5.49. The normalized spacial score (nSPS) is 23.9. The Balaban J connectivity index is 1.35. The van der Waals surface area contributed by atoms with E-state index in [9.17, 15) is 14.7 Å². The van der Waals surface area contributed by atoms with E-state index in [2.05, 4.69) is 29.4 Å². The van der Waals surface area contributed by atoms with Gasteiger partial charge in [0, 0.05) is 24.3 Å². The highest BCUT2D eigenvalue weighted by Crippen LogP contribution is 2.32. The average molecular weight is 465 g/mol. The van der Waals surface area contributed by atoms with Gasteiger partial charge >= 0.3 is 0 Å². The molecule has 9 heteroatoms. The van der Waals surface area contributed by atoms with E-state index in [1.807, 2.05) is 24.3 Å². The number of aliphatic hydroxyl groups excluding tert-OH is 1. The van der Waals surface area contributed by atoms with E-state index in [0.717, 1.165) is 42.6 Å². The molecule has 5 rings (SSSR count). The topological polar surface area (TPSA) is 111 Å². The molecule has 180 valence electrons. The summed E-state index contributed by atoms with van der Waals surface area (Å²) in [6.07, 6.45) is 4.29. The lowest BCUT2D eigenvalue weighted by molar-refractivity contribution is -0.132. The number of carbonyl (C=O) groups is 2. The van der Waals surface area contributed by atoms with E-state index in [4.69, 9.17) is 9.97 Å². The summed E-state index contributed by atoms with van der Waals surface area (Å²) in [6, 6.07) is 8.27. The monoisotopic (exact) mass is 464 g/mol. The van der Waals surface area contributed by atoms with Gasteiger partial charge in [-0.25, -0.2) is 4.98 Å². The second-order valence-electron chi connectivity index (χ2n) is 9.62. The van der Waals surface area contributed by atoms with Crippen molar-refractivity contribution in [1.29, 1.82) is 0 Å². The van der Waals surface area contributed by atoms with E-state index < -0.39 is 0 Å². The molecular weight excluding hydrogens is 432 g/mol. The van der Waals surface area contributed by atoms with Gasteiger partial charge in [0.2, 0.25) is 11.9 Å². The molecule has 3 N–H and O–H groups in total. The molecule has 3 aliphatic rings. The highest BCUT2D eigenvalue weighted by molar-refractivity contribution is 6.03. The third-order valence-electron chi connectivity index (χ3n) is 7.28. The van der Waals surface area contributed by atoms with Gasteiger partial charge in [-0.05, 0) is 57.2 Å². The van der Waals surface area contributed by atoms with Gasteiger partial charge in [-0.1, -0.05) is 12.1 Å². The summed E-state index contributed by atoms with van der Waals surface area (Å²) in [4.78, 5) is 38.7. The van der Waals surface area contributed by atoms with Crippen molar-refractivity contribution < 1.29 is 14.7 Å². The Labute approximate surface area is 199 Å². The molecule has 0 bridgehead atoms. The highest BCUT2D eigenvalue weighted by Gasteiger charge is 2.33. The fourth-order valence-corrected chi connectivity index (χ4v) is 5.38. The Kier molecular flexibility index (Phi) is 6.12. The quantitative estimate of drug-likeness (QED) is 0.602. The molecule has 0 saturated carbocycles. The number of nitrogens with zero attached hydrogens (tertiary/aromatic N) is 4. The second kappa shape index (κ2) is 9.21. The maximum Gasteiger partial charge on any atom is 0.257 e. The zero-order valence-corrected chi connectivity index (χ0v) is 19.8. The molecule has 0 spiro atoms. The third kappa shape index (κ3) is 4.20. The number of aliphatic hydroxyl groups is 1. The molecule has 2 saturated heterocycles. The smallest absolute Gasteiger partial charge is 0.257 e. The van der Waals surface area contributed by atoms with Crippen LogP contribution in [0, 0.1) is 0 Å². The Morgan fingerprint density at radius 3 is 2.59 bits per heavy atom. The number of hydrogen-bond donors (Lipinski definition) is 3. The number of benzene rings is 1. The maximum absolute atomic E-state index is 12.7. The van der Waals surface area contributed by atoms with E-state index in [1.165, 1.54) is 0 Å². The van der Waals surface area contributed by atoms with E-state index >= 15 is 0 Å². The highest BCUT2D eigenvalue weighted by atomic mass is 16.3. The number of rotatable bonds is 6. The van der Waals surface area contributed by atoms with Crippen molar-refractivity contribution in [2.45, 2.75) is 70.6 Å². The SMILES string of the molecule is C[C@@H]1CC[C@@H](C)N1c1nc2c(c(Nc3ccc(CC(=O)N4CCC[C@H]4CO)cc3)n1)C(=O)NC2. The van der Waals surface area contributed by atoms with Crippen molar-refractivity contribution in [3.05, 3.63) is 41.1 Å². The predicted molar refractivity (Wildman–Crippen MR) is 129 cm³/mol. The number of likely N-dealkylation sites (tertiary alicyclic amines) is 1. The lowest BCUT2D eigenvalue weighted by Crippen LogP contribution is -2.38. The van der Waals surface area contributed by atoms with Crippen molar-refractivity contribution in [2.24, 2.45) is 0 Å². The first kappa shape index (κ1) is 22.6. The number of fused-ring (bicyclic) bond motifs is 1. The molecule has 0 unspecified atom stereocenters. The zero-order valence-electron chi connectivity index (χ0n) is 19.8. The van der Waals surface area contributed by atoms with Crippen LogP contribution in [0.4, 0.5) is 17.5 Å². The van der Waals surface area contributed by atoms with Gasteiger partial charge in [-0.3, -0.25) is 9.59 Å². The first-order chi connectivity index (χ1) is 16.4. The Hall–Kier alpha value is -3.20. The van der Waals surface area contributed by atoms with E-state index in [1.54, 1.807) is 4.90 Å². The molecule has 0 aliphatic carbocycles. The van der Waals surface area contributed by atoms with Crippen LogP contribution in [0.25, 0.3) is 0 Å². The molecule has 1 aromatic carbocycles. The van der Waals surface area contributed by atoms with Gasteiger partial charge in [-0.15, -0.1) is 0 Å². The van der Waals surface area contributed by atoms with E-state index in [-0.39, 0.29) is 24.5 Å². The van der Waals surface area contributed by atoms with Crippen LogP contribution in [0.3, 0.4) is 0 Å². The number of amides is 2. The minimum absolute atomic E-state index is 0.0163. The van der Waals surface area contributed by atoms with Crippen LogP contribution >= 0.6 is 0 Å². The molecule has 34 heavy (non-hydrogen) atoms. The first-order valence-electron chi connectivity index (χ1n) is 12.2. The number of carbonyl (C=O) groups excluding carboxylic acids is 2. The lowest BCUT2D eigenvalue weighted by atomic mass is 10.1. The summed E-state index contributed by atoms with van der Waals surface area (Å²) in [5, 5.41) is 15.7. The predicted octanol–water partition coefficient (Wildman–Crippen LogP) is 2.37. The Morgan fingerprint density at radius 1 is 1.15 bits per heavy atom. The van der Waals surface area contributed by atoms with Crippen molar-refractivity contribution in [2.75, 3.05) is 23.4 Å². The molecule has 1 aromatic heterocycles. The summed E-state index contributed by atoms with van der Waals surface area (Å²) < 4.78 is 0. The zero-order chi connectivity index (χ0) is 23.8. The molecule has 3 aliphatic heterocycles. The van der Waals surface area contributed by atoms with Gasteiger partial charge < -0.3 is 25.5 Å². The number of hydrogen-bond acceptors (Lipinski definition) is 7. The Morgan fingerprint density at radius 2 is 1.88 bits per heavy atom. The standard InChI is InChI=1S/C25H32N6O3/c1-15-5-6-16(2)31(15)25-28-20-13-26-24(34)22(20)23(29-25)27-18-9-7-17(8-10-18)12-21(33)30-11-3-4-19(30)14-32/h7-10,15-16,19,32H,3-6,11-14H2,1-2H3,(H,26,34)(H,27,28,29)/t15-,16-,19+/m1/s1. The van der Waals surface area contributed by atoms with Crippen LogP contribution in [0.1, 0.15) is 61.1 Å². The van der Waals surface area contributed by atoms with Crippen LogP contribution in [0.5, 0.6) is 0 Å². The van der Waals surface area contributed by atoms with E-state index in [0.29, 0.717) is 48.9 Å². The summed E-state index contributed by atoms with van der Waals surface area (Å²) in [7, 11) is 0. The van der Waals surface area contributed by atoms with Crippen molar-refractivity contribution in [3.63, 3.8) is 0 Å². The third-order valence-corrected chi connectivity index (χ3v) is 7.28. The minimum Gasteiger partial charge on any atom is -0.394 e. The molecule has 2 amide bonds. The van der Waals surface area contributed by atoms with Gasteiger partial charge in [0.15, 0.2) is 0 Å². The number of nitrogens with one attached hydrogen (secondary N) is 2. The molecule has 3 atom stereocenters. The first-order valence-corrected chi connectivity index (χ1v) is 12.2. The molecule has 2 aromatic rings. The van der Waals surface area contributed by atoms with Crippen molar-refractivity contribution >= 4 is 29.3 Å². The van der Waals surface area contributed by atoms with Gasteiger partial charge in [-0.2, -0.15) is 4.98 Å². The van der Waals surface area contributed by atoms with Crippen LogP contribution in [-0.2, 0) is 17.8 Å². The molecular formula is C25H32N6O3. The molecule has 2 fully saturated rings. The maximum atomic E-state index is 12.7. The second-order valence-corrected chi connectivity index (χ2v) is 9.62. The van der Waals surface area contributed by atoms with Gasteiger partial charge in [0.1, 0.15) is 11.4 Å². The largest absolute Gasteiger partial charge is 0.394 e. The minimum atomic E-state index is -0.169. The lowest BCUT2D eigenvalue weighted by Gasteiger charge is -2.27. The van der Waals surface area contributed by atoms with Crippen molar-refractivity contribution in [3.8, 4) is 0 Å². The van der Waals surface area contributed by atoms with Crippen LogP contribution in [-0.4, -0.2) is 63.1 Å². The Bertz CT molecular complexity index is 1080. The van der Waals surface area contributed by atoms with Crippen LogP contribution < -0.4 is 15.5 Å². The fraction of sp³-hybridized carbons (Fsp3) is 0.520. The summed E-state index contributed by atoms with van der Waals surface area (Å²) in [5.41, 5.74) is 2.91. The van der Waals surface area contributed by atoms with Crippen LogP contribution in [0.2, 0.25) is 0 Å². The molecule has 4 heterocycles. The fourth-order valence-electron chi connectivity index (χ4n) is 5.38. The number of aromatic nitrogens is 2. The molecule has 0 radical (unpaired) electrons.